The van der Waals surface area contributed by atoms with Crippen LogP contribution in [0.1, 0.15) is 11.1 Å². The molecule has 2 rings (SSSR count). The first kappa shape index (κ1) is 11.0. The van der Waals surface area contributed by atoms with Gasteiger partial charge in [0.15, 0.2) is 0 Å². The van der Waals surface area contributed by atoms with E-state index in [9.17, 15) is 4.79 Å². The van der Waals surface area contributed by atoms with Crippen LogP contribution in [0, 0.1) is 0 Å². The van der Waals surface area contributed by atoms with Crippen molar-refractivity contribution in [2.24, 2.45) is 0 Å². The van der Waals surface area contributed by atoms with E-state index in [0.717, 1.165) is 12.8 Å². The van der Waals surface area contributed by atoms with Crippen LogP contribution in [0.4, 0.5) is 4.79 Å². The van der Waals surface area contributed by atoms with Crippen LogP contribution in [0.15, 0.2) is 24.3 Å². The van der Waals surface area contributed by atoms with Gasteiger partial charge in [-0.25, -0.2) is 4.79 Å². The number of hydrogen-bond acceptors (Lipinski definition) is 3. The minimum atomic E-state index is -0.452. The highest BCUT2D eigenvalue weighted by molar-refractivity contribution is 5.68. The summed E-state index contributed by atoms with van der Waals surface area (Å²) in [6.45, 7) is -0.0934. The molecule has 0 heterocycles. The van der Waals surface area contributed by atoms with E-state index in [0.29, 0.717) is 0 Å². The summed E-state index contributed by atoms with van der Waals surface area (Å²) in [4.78, 5) is 11.3. The minimum absolute atomic E-state index is 0.0471. The van der Waals surface area contributed by atoms with Crippen LogP contribution in [0.25, 0.3) is 0 Å². The van der Waals surface area contributed by atoms with Gasteiger partial charge in [-0.3, -0.25) is 0 Å². The van der Waals surface area contributed by atoms with Gasteiger partial charge in [0.2, 0.25) is 0 Å². The van der Waals surface area contributed by atoms with Crippen molar-refractivity contribution in [2.75, 3.05) is 13.2 Å². The fourth-order valence-electron chi connectivity index (χ4n) is 2.01. The molecule has 1 aliphatic rings. The number of benzene rings is 1. The lowest BCUT2D eigenvalue weighted by Crippen LogP contribution is -2.36. The molecule has 86 valence electrons. The molecule has 1 aliphatic carbocycles. The number of carbonyl (C=O) groups excluding carboxylic acids is 1. The number of alkyl carbamates (subject to hydrolysis) is 1. The van der Waals surface area contributed by atoms with E-state index in [1.54, 1.807) is 0 Å². The number of amides is 1. The van der Waals surface area contributed by atoms with E-state index in [2.05, 4.69) is 17.4 Å². The Bertz CT molecular complexity index is 353. The van der Waals surface area contributed by atoms with Crippen molar-refractivity contribution >= 4 is 6.09 Å². The van der Waals surface area contributed by atoms with Crippen LogP contribution in [0.3, 0.4) is 0 Å². The number of ether oxygens (including phenoxy) is 1. The maximum Gasteiger partial charge on any atom is 0.407 e. The largest absolute Gasteiger partial charge is 0.447 e. The molecule has 0 radical (unpaired) electrons. The molecule has 0 unspecified atom stereocenters. The summed E-state index contributed by atoms with van der Waals surface area (Å²) < 4.78 is 4.75. The summed E-state index contributed by atoms with van der Waals surface area (Å²) in [5, 5.41) is 11.3. The number of rotatable bonds is 3. The quantitative estimate of drug-likeness (QED) is 0.796. The normalized spacial score (nSPS) is 14.6. The zero-order valence-electron chi connectivity index (χ0n) is 8.98. The highest BCUT2D eigenvalue weighted by Gasteiger charge is 2.22. The topological polar surface area (TPSA) is 58.6 Å². The van der Waals surface area contributed by atoms with Gasteiger partial charge in [0.25, 0.3) is 0 Å². The molecular formula is C12H15NO3. The third kappa shape index (κ3) is 2.52. The van der Waals surface area contributed by atoms with Crippen molar-refractivity contribution in [3.05, 3.63) is 35.4 Å². The highest BCUT2D eigenvalue weighted by Crippen LogP contribution is 2.21. The highest BCUT2D eigenvalue weighted by atomic mass is 16.6. The number of fused-ring (bicyclic) bond motifs is 1. The first-order valence-corrected chi connectivity index (χ1v) is 5.40. The number of carbonyl (C=O) groups is 1. The molecule has 0 saturated carbocycles. The standard InChI is InChI=1S/C12H15NO3/c14-5-6-16-12(15)13-11-7-9-3-1-2-4-10(9)8-11/h1-4,11,14H,5-8H2,(H,13,15). The van der Waals surface area contributed by atoms with E-state index < -0.39 is 6.09 Å². The molecule has 0 spiro atoms. The first-order valence-electron chi connectivity index (χ1n) is 5.40. The molecule has 0 aromatic heterocycles. The van der Waals surface area contributed by atoms with Crippen LogP contribution >= 0.6 is 0 Å². The zero-order valence-corrected chi connectivity index (χ0v) is 8.98. The molecule has 1 amide bonds. The molecule has 0 saturated heterocycles. The fraction of sp³-hybridized carbons (Fsp3) is 0.417. The van der Waals surface area contributed by atoms with Gasteiger partial charge in [0.05, 0.1) is 6.61 Å². The second-order valence-corrected chi connectivity index (χ2v) is 3.88. The average Bonchev–Trinajstić information content (AvgIpc) is 2.68. The van der Waals surface area contributed by atoms with Crippen LogP contribution in [0.2, 0.25) is 0 Å². The predicted octanol–water partition coefficient (Wildman–Crippen LogP) is 0.872. The van der Waals surface area contributed by atoms with Crippen molar-refractivity contribution in [1.82, 2.24) is 5.32 Å². The lowest BCUT2D eigenvalue weighted by Gasteiger charge is -2.11. The molecule has 1 aromatic rings. The monoisotopic (exact) mass is 221 g/mol. The van der Waals surface area contributed by atoms with E-state index in [1.807, 2.05) is 12.1 Å². The van der Waals surface area contributed by atoms with Crippen molar-refractivity contribution in [3.8, 4) is 0 Å². The molecule has 16 heavy (non-hydrogen) atoms. The van der Waals surface area contributed by atoms with E-state index in [4.69, 9.17) is 9.84 Å². The van der Waals surface area contributed by atoms with E-state index in [-0.39, 0.29) is 19.3 Å². The molecule has 4 heteroatoms. The molecular weight excluding hydrogens is 206 g/mol. The Morgan fingerprint density at radius 1 is 1.38 bits per heavy atom. The van der Waals surface area contributed by atoms with Crippen LogP contribution in [-0.4, -0.2) is 30.5 Å². The number of aliphatic hydroxyl groups is 1. The first-order chi connectivity index (χ1) is 7.79. The van der Waals surface area contributed by atoms with Crippen LogP contribution in [0.5, 0.6) is 0 Å². The van der Waals surface area contributed by atoms with Gasteiger partial charge >= 0.3 is 6.09 Å². The van der Waals surface area contributed by atoms with Crippen molar-refractivity contribution in [1.29, 1.82) is 0 Å². The van der Waals surface area contributed by atoms with Gasteiger partial charge in [-0.15, -0.1) is 0 Å². The summed E-state index contributed by atoms with van der Waals surface area (Å²) in [6.07, 6.45) is 1.25. The maximum absolute atomic E-state index is 11.3. The van der Waals surface area contributed by atoms with Crippen molar-refractivity contribution in [3.63, 3.8) is 0 Å². The maximum atomic E-state index is 11.3. The van der Waals surface area contributed by atoms with Gasteiger partial charge in [-0.2, -0.15) is 0 Å². The Morgan fingerprint density at radius 3 is 2.56 bits per heavy atom. The predicted molar refractivity (Wildman–Crippen MR) is 59.2 cm³/mol. The summed E-state index contributed by atoms with van der Waals surface area (Å²) in [5.74, 6) is 0. The molecule has 0 fully saturated rings. The van der Waals surface area contributed by atoms with Crippen molar-refractivity contribution < 1.29 is 14.6 Å². The van der Waals surface area contributed by atoms with E-state index >= 15 is 0 Å². The third-order valence-corrected chi connectivity index (χ3v) is 2.70. The Hall–Kier alpha value is -1.55. The second-order valence-electron chi connectivity index (χ2n) is 3.88. The fourth-order valence-corrected chi connectivity index (χ4v) is 2.01. The Morgan fingerprint density at radius 2 is 2.00 bits per heavy atom. The Labute approximate surface area is 94.2 Å². The zero-order chi connectivity index (χ0) is 11.4. The minimum Gasteiger partial charge on any atom is -0.447 e. The Balaban J connectivity index is 1.85. The van der Waals surface area contributed by atoms with Crippen LogP contribution in [-0.2, 0) is 17.6 Å². The number of nitrogens with one attached hydrogen (secondary N) is 1. The van der Waals surface area contributed by atoms with Gasteiger partial charge in [-0.1, -0.05) is 24.3 Å². The second kappa shape index (κ2) is 4.99. The molecule has 4 nitrogen and oxygen atoms in total. The molecule has 0 aliphatic heterocycles. The lowest BCUT2D eigenvalue weighted by atomic mass is 10.1. The van der Waals surface area contributed by atoms with Gasteiger partial charge in [0, 0.05) is 6.04 Å². The summed E-state index contributed by atoms with van der Waals surface area (Å²) in [7, 11) is 0. The van der Waals surface area contributed by atoms with E-state index in [1.165, 1.54) is 11.1 Å². The number of hydrogen-bond donors (Lipinski definition) is 2. The average molecular weight is 221 g/mol. The van der Waals surface area contributed by atoms with Gasteiger partial charge in [-0.05, 0) is 24.0 Å². The summed E-state index contributed by atoms with van der Waals surface area (Å²) in [5.41, 5.74) is 2.57. The smallest absolute Gasteiger partial charge is 0.407 e. The Kier molecular flexibility index (Phi) is 3.41. The summed E-state index contributed by atoms with van der Waals surface area (Å²) in [6, 6.07) is 8.28. The lowest BCUT2D eigenvalue weighted by molar-refractivity contribution is 0.116. The number of aliphatic hydroxyl groups excluding tert-OH is 1. The molecule has 1 aromatic carbocycles. The molecule has 0 atom stereocenters. The SMILES string of the molecule is O=C(NC1Cc2ccccc2C1)OCCO. The molecule has 0 bridgehead atoms. The van der Waals surface area contributed by atoms with Crippen LogP contribution < -0.4 is 5.32 Å². The van der Waals surface area contributed by atoms with Gasteiger partial charge in [0.1, 0.15) is 6.61 Å². The molecule has 2 N–H and O–H groups in total. The third-order valence-electron chi connectivity index (χ3n) is 2.70. The van der Waals surface area contributed by atoms with Crippen molar-refractivity contribution in [2.45, 2.75) is 18.9 Å². The van der Waals surface area contributed by atoms with Gasteiger partial charge < -0.3 is 15.2 Å². The summed E-state index contributed by atoms with van der Waals surface area (Å²) >= 11 is 0.